The first kappa shape index (κ1) is 15.1. The number of urea groups is 1. The van der Waals surface area contributed by atoms with Gasteiger partial charge in [-0.15, -0.1) is 0 Å². The lowest BCUT2D eigenvalue weighted by atomic mass is 9.88. The van der Waals surface area contributed by atoms with Crippen molar-refractivity contribution >= 4 is 12.0 Å². The van der Waals surface area contributed by atoms with Gasteiger partial charge in [0.1, 0.15) is 5.54 Å². The molecule has 1 atom stereocenters. The van der Waals surface area contributed by atoms with Crippen LogP contribution < -0.4 is 0 Å². The summed E-state index contributed by atoms with van der Waals surface area (Å²) in [6.45, 7) is 3.54. The molecule has 2 heterocycles. The van der Waals surface area contributed by atoms with E-state index in [2.05, 4.69) is 0 Å². The highest BCUT2D eigenvalue weighted by molar-refractivity contribution is 5.86. The van der Waals surface area contributed by atoms with Gasteiger partial charge in [0.15, 0.2) is 0 Å². The first-order valence-electron chi connectivity index (χ1n) is 7.40. The Bertz CT molecular complexity index is 379. The first-order valence-corrected chi connectivity index (χ1v) is 7.40. The molecular weight excluding hydrogens is 260 g/mol. The van der Waals surface area contributed by atoms with E-state index in [0.717, 1.165) is 25.7 Å². The minimum Gasteiger partial charge on any atom is -0.480 e. The molecule has 0 radical (unpaired) electrons. The van der Waals surface area contributed by atoms with E-state index in [4.69, 9.17) is 5.11 Å². The Hall–Kier alpha value is -1.30. The van der Waals surface area contributed by atoms with Crippen LogP contribution >= 0.6 is 0 Å². The highest BCUT2D eigenvalue weighted by Gasteiger charge is 2.45. The summed E-state index contributed by atoms with van der Waals surface area (Å²) in [5, 5.41) is 18.6. The van der Waals surface area contributed by atoms with Crippen LogP contribution in [-0.2, 0) is 4.79 Å². The van der Waals surface area contributed by atoms with Crippen LogP contribution in [0.2, 0.25) is 0 Å². The van der Waals surface area contributed by atoms with Crippen LogP contribution in [-0.4, -0.2) is 63.8 Å². The average Bonchev–Trinajstić information content (AvgIpc) is 2.47. The van der Waals surface area contributed by atoms with Gasteiger partial charge in [0.05, 0.1) is 0 Å². The minimum atomic E-state index is -1.08. The van der Waals surface area contributed by atoms with Gasteiger partial charge in [-0.05, 0) is 44.9 Å². The standard InChI is InChI=1S/C14H24N2O4/c1-14(12(18)19)6-2-3-7-16(14)13(20)15-8-4-11(10-17)5-9-15/h11,17H,2-10H2,1H3,(H,18,19). The number of aliphatic carboxylic acids is 1. The van der Waals surface area contributed by atoms with Crippen molar-refractivity contribution in [3.05, 3.63) is 0 Å². The minimum absolute atomic E-state index is 0.161. The Morgan fingerprint density at radius 2 is 1.85 bits per heavy atom. The fourth-order valence-electron chi connectivity index (χ4n) is 3.13. The van der Waals surface area contributed by atoms with E-state index >= 15 is 0 Å². The summed E-state index contributed by atoms with van der Waals surface area (Å²) in [4.78, 5) is 27.4. The molecule has 0 aliphatic carbocycles. The Morgan fingerprint density at radius 3 is 2.40 bits per heavy atom. The Kier molecular flexibility index (Phi) is 4.52. The van der Waals surface area contributed by atoms with E-state index < -0.39 is 11.5 Å². The molecule has 0 aromatic carbocycles. The van der Waals surface area contributed by atoms with Crippen LogP contribution in [0.1, 0.15) is 39.0 Å². The predicted molar refractivity (Wildman–Crippen MR) is 73.4 cm³/mol. The Balaban J connectivity index is 2.05. The highest BCUT2D eigenvalue weighted by Crippen LogP contribution is 2.30. The van der Waals surface area contributed by atoms with Crippen molar-refractivity contribution in [1.82, 2.24) is 9.80 Å². The number of nitrogens with zero attached hydrogens (tertiary/aromatic N) is 2. The van der Waals surface area contributed by atoms with Crippen molar-refractivity contribution in [2.45, 2.75) is 44.6 Å². The summed E-state index contributed by atoms with van der Waals surface area (Å²) in [6.07, 6.45) is 3.81. The number of hydrogen-bond acceptors (Lipinski definition) is 3. The molecule has 2 N–H and O–H groups in total. The van der Waals surface area contributed by atoms with Gasteiger partial charge in [-0.25, -0.2) is 9.59 Å². The summed E-state index contributed by atoms with van der Waals surface area (Å²) in [7, 11) is 0. The molecule has 2 fully saturated rings. The molecule has 2 saturated heterocycles. The van der Waals surface area contributed by atoms with Crippen molar-refractivity contribution < 1.29 is 19.8 Å². The highest BCUT2D eigenvalue weighted by atomic mass is 16.4. The van der Waals surface area contributed by atoms with Crippen molar-refractivity contribution in [3.63, 3.8) is 0 Å². The molecule has 114 valence electrons. The van der Waals surface area contributed by atoms with Gasteiger partial charge in [-0.1, -0.05) is 0 Å². The van der Waals surface area contributed by atoms with Gasteiger partial charge >= 0.3 is 12.0 Å². The Morgan fingerprint density at radius 1 is 1.20 bits per heavy atom. The van der Waals surface area contributed by atoms with Crippen molar-refractivity contribution in [2.24, 2.45) is 5.92 Å². The zero-order valence-corrected chi connectivity index (χ0v) is 12.0. The lowest BCUT2D eigenvalue weighted by Crippen LogP contribution is -2.61. The summed E-state index contributed by atoms with van der Waals surface area (Å²) < 4.78 is 0. The number of carbonyl (C=O) groups excluding carboxylic acids is 1. The SMILES string of the molecule is CC1(C(=O)O)CCCCN1C(=O)N1CCC(CO)CC1. The molecule has 0 aromatic rings. The molecule has 2 aliphatic rings. The molecule has 6 heteroatoms. The second kappa shape index (κ2) is 5.99. The van der Waals surface area contributed by atoms with Crippen LogP contribution in [0.15, 0.2) is 0 Å². The normalized spacial score (nSPS) is 28.5. The van der Waals surface area contributed by atoms with Crippen molar-refractivity contribution in [2.75, 3.05) is 26.2 Å². The third-order valence-electron chi connectivity index (χ3n) is 4.73. The van der Waals surface area contributed by atoms with E-state index in [0.29, 0.717) is 26.1 Å². The molecule has 6 nitrogen and oxygen atoms in total. The van der Waals surface area contributed by atoms with E-state index in [9.17, 15) is 14.7 Å². The van der Waals surface area contributed by atoms with E-state index in [-0.39, 0.29) is 18.6 Å². The first-order chi connectivity index (χ1) is 9.49. The molecule has 0 saturated carbocycles. The second-order valence-electron chi connectivity index (χ2n) is 6.08. The molecule has 0 aromatic heterocycles. The molecule has 2 aliphatic heterocycles. The lowest BCUT2D eigenvalue weighted by molar-refractivity contribution is -0.150. The van der Waals surface area contributed by atoms with Crippen LogP contribution in [0.3, 0.4) is 0 Å². The molecule has 0 spiro atoms. The molecule has 1 unspecified atom stereocenters. The van der Waals surface area contributed by atoms with Crippen LogP contribution in [0, 0.1) is 5.92 Å². The van der Waals surface area contributed by atoms with Gasteiger partial charge in [0.2, 0.25) is 0 Å². The van der Waals surface area contributed by atoms with E-state index in [1.165, 1.54) is 4.90 Å². The van der Waals surface area contributed by atoms with Crippen LogP contribution in [0.4, 0.5) is 4.79 Å². The van der Waals surface area contributed by atoms with Crippen molar-refractivity contribution in [3.8, 4) is 0 Å². The van der Waals surface area contributed by atoms with E-state index in [1.54, 1.807) is 11.8 Å². The number of amides is 2. The fourth-order valence-corrected chi connectivity index (χ4v) is 3.13. The average molecular weight is 284 g/mol. The monoisotopic (exact) mass is 284 g/mol. The topological polar surface area (TPSA) is 81.1 Å². The van der Waals surface area contributed by atoms with Gasteiger partial charge in [0.25, 0.3) is 0 Å². The summed E-state index contributed by atoms with van der Waals surface area (Å²) in [5.41, 5.74) is -1.08. The number of aliphatic hydroxyl groups excluding tert-OH is 1. The summed E-state index contributed by atoms with van der Waals surface area (Å²) in [5.74, 6) is -0.651. The number of likely N-dealkylation sites (tertiary alicyclic amines) is 2. The maximum absolute atomic E-state index is 12.6. The smallest absolute Gasteiger partial charge is 0.329 e. The van der Waals surface area contributed by atoms with E-state index in [1.807, 2.05) is 0 Å². The second-order valence-corrected chi connectivity index (χ2v) is 6.08. The van der Waals surface area contributed by atoms with Crippen LogP contribution in [0.5, 0.6) is 0 Å². The molecule has 0 bridgehead atoms. The zero-order valence-electron chi connectivity index (χ0n) is 12.0. The van der Waals surface area contributed by atoms with Crippen molar-refractivity contribution in [1.29, 1.82) is 0 Å². The zero-order chi connectivity index (χ0) is 14.8. The Labute approximate surface area is 119 Å². The number of piperidine rings is 2. The maximum atomic E-state index is 12.6. The molecule has 20 heavy (non-hydrogen) atoms. The maximum Gasteiger partial charge on any atom is 0.329 e. The van der Waals surface area contributed by atoms with Crippen LogP contribution in [0.25, 0.3) is 0 Å². The predicted octanol–water partition coefficient (Wildman–Crippen LogP) is 1.14. The van der Waals surface area contributed by atoms with Gasteiger partial charge in [0, 0.05) is 26.2 Å². The number of aliphatic hydroxyl groups is 1. The van der Waals surface area contributed by atoms with Gasteiger partial charge in [-0.2, -0.15) is 0 Å². The third-order valence-corrected chi connectivity index (χ3v) is 4.73. The summed E-state index contributed by atoms with van der Waals surface area (Å²) in [6, 6.07) is -0.161. The third kappa shape index (κ3) is 2.75. The number of rotatable bonds is 2. The number of hydrogen-bond donors (Lipinski definition) is 2. The number of carboxylic acids is 1. The fraction of sp³-hybridized carbons (Fsp3) is 0.857. The molecule has 2 amide bonds. The molecule has 2 rings (SSSR count). The quantitative estimate of drug-likeness (QED) is 0.797. The van der Waals surface area contributed by atoms with Gasteiger partial charge < -0.3 is 20.0 Å². The summed E-state index contributed by atoms with van der Waals surface area (Å²) >= 11 is 0. The molecular formula is C14H24N2O4. The lowest BCUT2D eigenvalue weighted by Gasteiger charge is -2.45. The number of carboxylic acid groups (broad SMARTS) is 1. The van der Waals surface area contributed by atoms with Gasteiger partial charge in [-0.3, -0.25) is 0 Å². The largest absolute Gasteiger partial charge is 0.480 e. The number of carbonyl (C=O) groups is 2.